The first kappa shape index (κ1) is 15.5. The molecule has 112 valence electrons. The SMILES string of the molecule is CCN1CCC(CNC(C)c2ccc(C)c(F)c2)CC1. The third kappa shape index (κ3) is 4.03. The lowest BCUT2D eigenvalue weighted by atomic mass is 9.96. The molecule has 1 heterocycles. The molecule has 0 bridgehead atoms. The summed E-state index contributed by atoms with van der Waals surface area (Å²) in [7, 11) is 0. The first-order valence-electron chi connectivity index (χ1n) is 7.82. The minimum Gasteiger partial charge on any atom is -0.310 e. The van der Waals surface area contributed by atoms with Crippen LogP contribution < -0.4 is 5.32 Å². The third-order valence-electron chi connectivity index (χ3n) is 4.56. The molecule has 0 aromatic heterocycles. The van der Waals surface area contributed by atoms with E-state index in [1.54, 1.807) is 13.0 Å². The number of rotatable bonds is 5. The minimum atomic E-state index is -0.104. The molecule has 1 atom stereocenters. The molecule has 2 rings (SSSR count). The number of piperidine rings is 1. The van der Waals surface area contributed by atoms with Crippen molar-refractivity contribution in [3.05, 3.63) is 35.1 Å². The maximum atomic E-state index is 13.6. The van der Waals surface area contributed by atoms with Crippen molar-refractivity contribution in [3.8, 4) is 0 Å². The smallest absolute Gasteiger partial charge is 0.126 e. The molecule has 1 aliphatic rings. The van der Waals surface area contributed by atoms with Crippen LogP contribution in [-0.2, 0) is 0 Å². The van der Waals surface area contributed by atoms with E-state index in [2.05, 4.69) is 24.1 Å². The Labute approximate surface area is 122 Å². The van der Waals surface area contributed by atoms with Gasteiger partial charge in [-0.15, -0.1) is 0 Å². The van der Waals surface area contributed by atoms with E-state index in [1.807, 2.05) is 12.1 Å². The molecule has 1 aromatic rings. The molecule has 1 fully saturated rings. The number of hydrogen-bond acceptors (Lipinski definition) is 2. The molecule has 3 heteroatoms. The fourth-order valence-electron chi connectivity index (χ4n) is 2.85. The van der Waals surface area contributed by atoms with Crippen LogP contribution in [0.5, 0.6) is 0 Å². The highest BCUT2D eigenvalue weighted by molar-refractivity contribution is 5.25. The average molecular weight is 278 g/mol. The number of nitrogens with one attached hydrogen (secondary N) is 1. The lowest BCUT2D eigenvalue weighted by Crippen LogP contribution is -2.37. The molecule has 0 amide bonds. The minimum absolute atomic E-state index is 0.104. The third-order valence-corrected chi connectivity index (χ3v) is 4.56. The van der Waals surface area contributed by atoms with Gasteiger partial charge >= 0.3 is 0 Å². The van der Waals surface area contributed by atoms with Gasteiger partial charge in [0.15, 0.2) is 0 Å². The van der Waals surface area contributed by atoms with Crippen LogP contribution in [-0.4, -0.2) is 31.1 Å². The van der Waals surface area contributed by atoms with Crippen LogP contribution in [0.25, 0.3) is 0 Å². The second kappa shape index (κ2) is 7.19. The Kier molecular flexibility index (Phi) is 5.55. The summed E-state index contributed by atoms with van der Waals surface area (Å²) < 4.78 is 13.6. The number of halogens is 1. The summed E-state index contributed by atoms with van der Waals surface area (Å²) in [5.41, 5.74) is 1.76. The van der Waals surface area contributed by atoms with Gasteiger partial charge in [0.1, 0.15) is 5.82 Å². The summed E-state index contributed by atoms with van der Waals surface area (Å²) in [6.07, 6.45) is 2.55. The molecule has 0 aliphatic carbocycles. The number of hydrogen-bond donors (Lipinski definition) is 1. The molecule has 1 aromatic carbocycles. The first-order chi connectivity index (χ1) is 9.60. The van der Waals surface area contributed by atoms with E-state index >= 15 is 0 Å². The van der Waals surface area contributed by atoms with E-state index in [1.165, 1.54) is 32.5 Å². The molecule has 20 heavy (non-hydrogen) atoms. The van der Waals surface area contributed by atoms with Gasteiger partial charge in [0, 0.05) is 6.04 Å². The number of aryl methyl sites for hydroxylation is 1. The van der Waals surface area contributed by atoms with Crippen molar-refractivity contribution in [1.29, 1.82) is 0 Å². The van der Waals surface area contributed by atoms with E-state index < -0.39 is 0 Å². The van der Waals surface area contributed by atoms with E-state index in [4.69, 9.17) is 0 Å². The Morgan fingerprint density at radius 1 is 1.35 bits per heavy atom. The zero-order chi connectivity index (χ0) is 14.5. The summed E-state index contributed by atoms with van der Waals surface area (Å²) in [6, 6.07) is 5.76. The lowest BCUT2D eigenvalue weighted by Gasteiger charge is -2.31. The van der Waals surface area contributed by atoms with Crippen LogP contribution in [0.1, 0.15) is 43.9 Å². The van der Waals surface area contributed by atoms with Gasteiger partial charge in [-0.2, -0.15) is 0 Å². The van der Waals surface area contributed by atoms with Crippen LogP contribution in [0.3, 0.4) is 0 Å². The molecular formula is C17H27FN2. The van der Waals surface area contributed by atoms with E-state index in [9.17, 15) is 4.39 Å². The summed E-state index contributed by atoms with van der Waals surface area (Å²) in [5, 5.41) is 3.56. The predicted octanol–water partition coefficient (Wildman–Crippen LogP) is 3.52. The Bertz CT molecular complexity index is 425. The Morgan fingerprint density at radius 3 is 2.65 bits per heavy atom. The Balaban J connectivity index is 1.80. The Hall–Kier alpha value is -0.930. The molecule has 0 radical (unpaired) electrons. The van der Waals surface area contributed by atoms with Crippen molar-refractivity contribution in [3.63, 3.8) is 0 Å². The van der Waals surface area contributed by atoms with Gasteiger partial charge in [0.25, 0.3) is 0 Å². The van der Waals surface area contributed by atoms with Crippen molar-refractivity contribution in [2.45, 2.75) is 39.7 Å². The molecule has 1 N–H and O–H groups in total. The lowest BCUT2D eigenvalue weighted by molar-refractivity contribution is 0.188. The number of nitrogens with zero attached hydrogens (tertiary/aromatic N) is 1. The summed E-state index contributed by atoms with van der Waals surface area (Å²) >= 11 is 0. The fourth-order valence-corrected chi connectivity index (χ4v) is 2.85. The van der Waals surface area contributed by atoms with Crippen LogP contribution in [0.2, 0.25) is 0 Å². The van der Waals surface area contributed by atoms with Gasteiger partial charge in [-0.25, -0.2) is 4.39 Å². The predicted molar refractivity (Wildman–Crippen MR) is 82.4 cm³/mol. The molecule has 1 aliphatic heterocycles. The molecule has 1 saturated heterocycles. The summed E-state index contributed by atoms with van der Waals surface area (Å²) in [6.45, 7) is 10.8. The van der Waals surface area contributed by atoms with Crippen LogP contribution in [0.4, 0.5) is 4.39 Å². The van der Waals surface area contributed by atoms with E-state index in [0.717, 1.165) is 18.0 Å². The van der Waals surface area contributed by atoms with Crippen LogP contribution >= 0.6 is 0 Å². The highest BCUT2D eigenvalue weighted by Gasteiger charge is 2.18. The largest absolute Gasteiger partial charge is 0.310 e. The van der Waals surface area contributed by atoms with Crippen molar-refractivity contribution < 1.29 is 4.39 Å². The van der Waals surface area contributed by atoms with Crippen molar-refractivity contribution in [1.82, 2.24) is 10.2 Å². The molecule has 1 unspecified atom stereocenters. The van der Waals surface area contributed by atoms with Crippen LogP contribution in [0.15, 0.2) is 18.2 Å². The van der Waals surface area contributed by atoms with Crippen molar-refractivity contribution >= 4 is 0 Å². The highest BCUT2D eigenvalue weighted by atomic mass is 19.1. The molecule has 0 saturated carbocycles. The maximum absolute atomic E-state index is 13.6. The molecule has 0 spiro atoms. The van der Waals surface area contributed by atoms with Gasteiger partial charge in [-0.1, -0.05) is 19.1 Å². The average Bonchev–Trinajstić information content (AvgIpc) is 2.48. The van der Waals surface area contributed by atoms with Gasteiger partial charge in [-0.3, -0.25) is 0 Å². The van der Waals surface area contributed by atoms with E-state index in [-0.39, 0.29) is 11.9 Å². The topological polar surface area (TPSA) is 15.3 Å². The second-order valence-corrected chi connectivity index (χ2v) is 6.02. The second-order valence-electron chi connectivity index (χ2n) is 6.02. The van der Waals surface area contributed by atoms with Crippen molar-refractivity contribution in [2.75, 3.05) is 26.2 Å². The van der Waals surface area contributed by atoms with Gasteiger partial charge < -0.3 is 10.2 Å². The normalized spacial score (nSPS) is 19.2. The zero-order valence-corrected chi connectivity index (χ0v) is 13.0. The van der Waals surface area contributed by atoms with Gasteiger partial charge in [-0.05, 0) is 76.0 Å². The maximum Gasteiger partial charge on any atom is 0.126 e. The van der Waals surface area contributed by atoms with Gasteiger partial charge in [0.05, 0.1) is 0 Å². The van der Waals surface area contributed by atoms with Crippen LogP contribution in [0, 0.1) is 18.7 Å². The monoisotopic (exact) mass is 278 g/mol. The fraction of sp³-hybridized carbons (Fsp3) is 0.647. The van der Waals surface area contributed by atoms with Crippen molar-refractivity contribution in [2.24, 2.45) is 5.92 Å². The van der Waals surface area contributed by atoms with E-state index in [0.29, 0.717) is 5.56 Å². The zero-order valence-electron chi connectivity index (χ0n) is 13.0. The highest BCUT2D eigenvalue weighted by Crippen LogP contribution is 2.19. The standard InChI is InChI=1S/C17H27FN2/c1-4-20-9-7-15(8-10-20)12-19-14(3)16-6-5-13(2)17(18)11-16/h5-6,11,14-15,19H,4,7-10,12H2,1-3H3. The molecular weight excluding hydrogens is 251 g/mol. The number of likely N-dealkylation sites (tertiary alicyclic amines) is 1. The molecule has 2 nitrogen and oxygen atoms in total. The summed E-state index contributed by atoms with van der Waals surface area (Å²) in [4.78, 5) is 2.51. The quantitative estimate of drug-likeness (QED) is 0.886. The Morgan fingerprint density at radius 2 is 2.05 bits per heavy atom. The first-order valence-corrected chi connectivity index (χ1v) is 7.82. The van der Waals surface area contributed by atoms with Gasteiger partial charge in [0.2, 0.25) is 0 Å². The number of benzene rings is 1. The summed E-state index contributed by atoms with van der Waals surface area (Å²) in [5.74, 6) is 0.656.